The molecule has 1 rings (SSSR count). The summed E-state index contributed by atoms with van der Waals surface area (Å²) in [6.07, 6.45) is 7.38. The summed E-state index contributed by atoms with van der Waals surface area (Å²) in [6.45, 7) is 5.28. The van der Waals surface area contributed by atoms with Gasteiger partial charge in [0.25, 0.3) is 0 Å². The standard InChI is InChI=1S/C9H16O/c1-3-4-8(2)7-9-5-6-10-9/h3-4,8-9H,5-7H2,1-2H3. The summed E-state index contributed by atoms with van der Waals surface area (Å²) in [4.78, 5) is 0. The molecule has 2 atom stereocenters. The van der Waals surface area contributed by atoms with Crippen LogP contribution >= 0.6 is 0 Å². The van der Waals surface area contributed by atoms with Crippen molar-refractivity contribution < 1.29 is 4.74 Å². The number of hydrogen-bond acceptors (Lipinski definition) is 1. The lowest BCUT2D eigenvalue weighted by atomic mass is 9.99. The van der Waals surface area contributed by atoms with Gasteiger partial charge in [-0.25, -0.2) is 0 Å². The van der Waals surface area contributed by atoms with Crippen LogP contribution in [0.15, 0.2) is 12.2 Å². The second-order valence-corrected chi connectivity index (χ2v) is 3.02. The van der Waals surface area contributed by atoms with Crippen molar-refractivity contribution >= 4 is 0 Å². The van der Waals surface area contributed by atoms with E-state index in [9.17, 15) is 0 Å². The molecule has 0 aromatic carbocycles. The van der Waals surface area contributed by atoms with Crippen LogP contribution in [0.3, 0.4) is 0 Å². The Hall–Kier alpha value is -0.300. The van der Waals surface area contributed by atoms with Crippen LogP contribution in [0.1, 0.15) is 26.7 Å². The van der Waals surface area contributed by atoms with Gasteiger partial charge in [-0.3, -0.25) is 0 Å². The van der Waals surface area contributed by atoms with Gasteiger partial charge in [0, 0.05) is 6.61 Å². The van der Waals surface area contributed by atoms with E-state index in [4.69, 9.17) is 4.74 Å². The molecule has 1 aliphatic rings. The van der Waals surface area contributed by atoms with Crippen LogP contribution in [0, 0.1) is 5.92 Å². The van der Waals surface area contributed by atoms with Gasteiger partial charge >= 0.3 is 0 Å². The highest BCUT2D eigenvalue weighted by Crippen LogP contribution is 2.19. The van der Waals surface area contributed by atoms with Gasteiger partial charge in [0.05, 0.1) is 6.10 Å². The molecule has 58 valence electrons. The summed E-state index contributed by atoms with van der Waals surface area (Å²) in [5.41, 5.74) is 0. The first-order chi connectivity index (χ1) is 4.83. The van der Waals surface area contributed by atoms with Gasteiger partial charge in [0.15, 0.2) is 0 Å². The summed E-state index contributed by atoms with van der Waals surface area (Å²) >= 11 is 0. The largest absolute Gasteiger partial charge is 0.378 e. The van der Waals surface area contributed by atoms with Crippen molar-refractivity contribution in [3.05, 3.63) is 12.2 Å². The Morgan fingerprint density at radius 1 is 1.70 bits per heavy atom. The van der Waals surface area contributed by atoms with Gasteiger partial charge in [-0.15, -0.1) is 0 Å². The third-order valence-electron chi connectivity index (χ3n) is 1.95. The summed E-state index contributed by atoms with van der Waals surface area (Å²) in [5.74, 6) is 0.690. The van der Waals surface area contributed by atoms with Crippen molar-refractivity contribution in [1.29, 1.82) is 0 Å². The predicted molar refractivity (Wildman–Crippen MR) is 43.0 cm³/mol. The van der Waals surface area contributed by atoms with Gasteiger partial charge in [-0.2, -0.15) is 0 Å². The summed E-state index contributed by atoms with van der Waals surface area (Å²) < 4.78 is 5.31. The molecule has 2 unspecified atom stereocenters. The van der Waals surface area contributed by atoms with Crippen molar-refractivity contribution in [3.8, 4) is 0 Å². The van der Waals surface area contributed by atoms with E-state index in [1.54, 1.807) is 0 Å². The SMILES string of the molecule is CC=CC(C)CC1CCO1. The second kappa shape index (κ2) is 3.77. The quantitative estimate of drug-likeness (QED) is 0.547. The van der Waals surface area contributed by atoms with Crippen molar-refractivity contribution in [1.82, 2.24) is 0 Å². The molecule has 1 heterocycles. The molecule has 1 heteroatoms. The molecule has 0 spiro atoms. The van der Waals surface area contributed by atoms with E-state index in [1.165, 1.54) is 12.8 Å². The summed E-state index contributed by atoms with van der Waals surface area (Å²) in [7, 11) is 0. The summed E-state index contributed by atoms with van der Waals surface area (Å²) in [6, 6.07) is 0. The Kier molecular flexibility index (Phi) is 2.94. The van der Waals surface area contributed by atoms with Crippen LogP contribution in [0.5, 0.6) is 0 Å². The molecule has 0 saturated carbocycles. The molecule has 0 N–H and O–H groups in total. The molecule has 0 bridgehead atoms. The molecule has 0 aliphatic carbocycles. The Bertz CT molecular complexity index is 114. The number of ether oxygens (including phenoxy) is 1. The average Bonchev–Trinajstić information content (AvgIpc) is 1.80. The fraction of sp³-hybridized carbons (Fsp3) is 0.778. The minimum Gasteiger partial charge on any atom is -0.378 e. The average molecular weight is 140 g/mol. The van der Waals surface area contributed by atoms with Crippen LogP contribution in [0.4, 0.5) is 0 Å². The van der Waals surface area contributed by atoms with Crippen LogP contribution in [0.25, 0.3) is 0 Å². The minimum atomic E-state index is 0.561. The Morgan fingerprint density at radius 2 is 2.40 bits per heavy atom. The summed E-state index contributed by atoms with van der Waals surface area (Å²) in [5, 5.41) is 0. The first kappa shape index (κ1) is 7.80. The van der Waals surface area contributed by atoms with Gasteiger partial charge in [-0.05, 0) is 25.7 Å². The van der Waals surface area contributed by atoms with E-state index >= 15 is 0 Å². The Labute approximate surface area is 63.1 Å². The maximum absolute atomic E-state index is 5.31. The maximum atomic E-state index is 5.31. The zero-order chi connectivity index (χ0) is 7.40. The van der Waals surface area contributed by atoms with Crippen molar-refractivity contribution in [2.45, 2.75) is 32.8 Å². The molecule has 1 saturated heterocycles. The van der Waals surface area contributed by atoms with Crippen LogP contribution in [-0.4, -0.2) is 12.7 Å². The fourth-order valence-corrected chi connectivity index (χ4v) is 1.29. The fourth-order valence-electron chi connectivity index (χ4n) is 1.29. The van der Waals surface area contributed by atoms with Crippen LogP contribution in [-0.2, 0) is 4.74 Å². The smallest absolute Gasteiger partial charge is 0.0602 e. The molecule has 1 nitrogen and oxygen atoms in total. The molecule has 1 aliphatic heterocycles. The number of rotatable bonds is 3. The highest BCUT2D eigenvalue weighted by atomic mass is 16.5. The van der Waals surface area contributed by atoms with E-state index in [0.717, 1.165) is 6.61 Å². The van der Waals surface area contributed by atoms with E-state index in [1.807, 2.05) is 0 Å². The maximum Gasteiger partial charge on any atom is 0.0602 e. The normalized spacial score (nSPS) is 28.4. The zero-order valence-electron chi connectivity index (χ0n) is 6.84. The van der Waals surface area contributed by atoms with Gasteiger partial charge in [-0.1, -0.05) is 19.1 Å². The highest BCUT2D eigenvalue weighted by molar-refractivity contribution is 4.85. The highest BCUT2D eigenvalue weighted by Gasteiger charge is 2.19. The number of allylic oxidation sites excluding steroid dienone is 2. The van der Waals surface area contributed by atoms with E-state index in [-0.39, 0.29) is 0 Å². The molecule has 0 aromatic heterocycles. The Balaban J connectivity index is 2.10. The molecule has 1 fully saturated rings. The third kappa shape index (κ3) is 2.14. The van der Waals surface area contributed by atoms with Gasteiger partial charge < -0.3 is 4.74 Å². The molecule has 0 aromatic rings. The molecule has 0 amide bonds. The van der Waals surface area contributed by atoms with Crippen molar-refractivity contribution in [2.75, 3.05) is 6.61 Å². The van der Waals surface area contributed by atoms with E-state index in [0.29, 0.717) is 12.0 Å². The van der Waals surface area contributed by atoms with E-state index in [2.05, 4.69) is 26.0 Å². The number of hydrogen-bond donors (Lipinski definition) is 0. The molecule has 10 heavy (non-hydrogen) atoms. The van der Waals surface area contributed by atoms with Crippen LogP contribution in [0.2, 0.25) is 0 Å². The predicted octanol–water partition coefficient (Wildman–Crippen LogP) is 2.38. The lowest BCUT2D eigenvalue weighted by Crippen LogP contribution is -2.28. The van der Waals surface area contributed by atoms with Gasteiger partial charge in [0.1, 0.15) is 0 Å². The first-order valence-corrected chi connectivity index (χ1v) is 4.07. The third-order valence-corrected chi connectivity index (χ3v) is 1.95. The van der Waals surface area contributed by atoms with Gasteiger partial charge in [0.2, 0.25) is 0 Å². The lowest BCUT2D eigenvalue weighted by molar-refractivity contribution is -0.0590. The van der Waals surface area contributed by atoms with Crippen molar-refractivity contribution in [3.63, 3.8) is 0 Å². The molecular formula is C9H16O. The second-order valence-electron chi connectivity index (χ2n) is 3.02. The zero-order valence-corrected chi connectivity index (χ0v) is 6.84. The monoisotopic (exact) mass is 140 g/mol. The van der Waals surface area contributed by atoms with E-state index < -0.39 is 0 Å². The minimum absolute atomic E-state index is 0.561. The molecular weight excluding hydrogens is 124 g/mol. The lowest BCUT2D eigenvalue weighted by Gasteiger charge is -2.27. The molecule has 0 radical (unpaired) electrons. The Morgan fingerprint density at radius 3 is 2.80 bits per heavy atom. The van der Waals surface area contributed by atoms with Crippen LogP contribution < -0.4 is 0 Å². The first-order valence-electron chi connectivity index (χ1n) is 4.07. The topological polar surface area (TPSA) is 9.23 Å². The van der Waals surface area contributed by atoms with Crippen molar-refractivity contribution in [2.24, 2.45) is 5.92 Å².